The fraction of sp³-hybridized carbons (Fsp3) is 0.448. The lowest BCUT2D eigenvalue weighted by atomic mass is 10.0. The molecule has 3 aromatic rings. The fourth-order valence-corrected chi connectivity index (χ4v) is 5.35. The lowest BCUT2D eigenvalue weighted by Crippen LogP contribution is -2.55. The number of halogens is 2. The van der Waals surface area contributed by atoms with Crippen molar-refractivity contribution in [2.24, 2.45) is 5.92 Å². The maximum Gasteiger partial charge on any atom is 0.414 e. The first-order chi connectivity index (χ1) is 21.5. The molecule has 0 radical (unpaired) electrons. The van der Waals surface area contributed by atoms with E-state index in [9.17, 15) is 19.2 Å². The second-order valence-corrected chi connectivity index (χ2v) is 11.2. The number of alkyl carbamates (subject to hydrolysis) is 1. The number of ether oxygens (including phenoxy) is 2. The number of anilines is 2. The summed E-state index contributed by atoms with van der Waals surface area (Å²) in [5, 5.41) is 5.22. The summed E-state index contributed by atoms with van der Waals surface area (Å²) in [5.74, 6) is -2.09. The highest BCUT2D eigenvalue weighted by atomic mass is 19.1. The van der Waals surface area contributed by atoms with E-state index < -0.39 is 41.9 Å². The van der Waals surface area contributed by atoms with Crippen molar-refractivity contribution in [2.75, 3.05) is 56.2 Å². The van der Waals surface area contributed by atoms with Gasteiger partial charge in [0.15, 0.2) is 11.6 Å². The number of benzene rings is 1. The third-order valence-corrected chi connectivity index (χ3v) is 7.53. The molecule has 2 aliphatic rings. The third kappa shape index (κ3) is 7.05. The highest BCUT2D eigenvalue weighted by Crippen LogP contribution is 2.31. The molecule has 0 unspecified atom stereocenters. The summed E-state index contributed by atoms with van der Waals surface area (Å²) in [6.07, 6.45) is 2.97. The zero-order chi connectivity index (χ0) is 32.2. The number of carbonyl (C=O) groups excluding carboxylic acids is 4. The van der Waals surface area contributed by atoms with Crippen LogP contribution in [0.15, 0.2) is 36.8 Å². The summed E-state index contributed by atoms with van der Waals surface area (Å²) in [6, 6.07) is 2.99. The van der Waals surface area contributed by atoms with Gasteiger partial charge in [-0.15, -0.1) is 0 Å². The second-order valence-electron chi connectivity index (χ2n) is 11.2. The molecule has 14 nitrogen and oxygen atoms in total. The number of aromatic nitrogens is 3. The van der Waals surface area contributed by atoms with Crippen molar-refractivity contribution in [3.63, 3.8) is 0 Å². The van der Waals surface area contributed by atoms with E-state index in [4.69, 9.17) is 4.74 Å². The van der Waals surface area contributed by atoms with Crippen molar-refractivity contribution in [3.8, 4) is 0 Å². The predicted octanol–water partition coefficient (Wildman–Crippen LogP) is 2.18. The lowest BCUT2D eigenvalue weighted by molar-refractivity contribution is -0.134. The Morgan fingerprint density at radius 3 is 2.49 bits per heavy atom. The molecule has 2 aliphatic heterocycles. The molecule has 4 heterocycles. The number of piperazine rings is 1. The number of fused-ring (bicyclic) bond motifs is 1. The van der Waals surface area contributed by atoms with Crippen LogP contribution >= 0.6 is 0 Å². The van der Waals surface area contributed by atoms with Crippen LogP contribution in [0.25, 0.3) is 5.78 Å². The molecular formula is C29H34F2N8O6. The summed E-state index contributed by atoms with van der Waals surface area (Å²) in [5.41, 5.74) is -0.165. The van der Waals surface area contributed by atoms with Crippen LogP contribution in [-0.4, -0.2) is 102 Å². The van der Waals surface area contributed by atoms with E-state index in [0.29, 0.717) is 12.2 Å². The van der Waals surface area contributed by atoms with E-state index >= 15 is 8.78 Å². The Morgan fingerprint density at radius 2 is 1.84 bits per heavy atom. The Balaban J connectivity index is 1.21. The lowest BCUT2D eigenvalue weighted by Gasteiger charge is -2.38. The summed E-state index contributed by atoms with van der Waals surface area (Å²) in [4.78, 5) is 62.7. The molecule has 4 amide bonds. The molecular weight excluding hydrogens is 594 g/mol. The first-order valence-electron chi connectivity index (χ1n) is 14.5. The topological polar surface area (TPSA) is 151 Å². The number of imidazole rings is 1. The standard InChI is InChI=1S/C29H34F2N8O6/c1-17(2)11-22(34-25(40)23-16-38-6-4-5-32-27(38)35-23)26(41)37-9-7-36(8-10-37)24-20(30)12-18(13-21(24)31)39-15-19(45-29(39)43)14-33-28(42)44-3/h4-6,12-13,16-17,19,22H,7-11,14-15H2,1-3H3,(H,33,42)(H,34,40)/t19-,22-/m0/s1. The minimum Gasteiger partial charge on any atom is -0.453 e. The zero-order valence-electron chi connectivity index (χ0n) is 25.0. The van der Waals surface area contributed by atoms with Crippen LogP contribution < -0.4 is 20.4 Å². The first-order valence-corrected chi connectivity index (χ1v) is 14.5. The third-order valence-electron chi connectivity index (χ3n) is 7.53. The smallest absolute Gasteiger partial charge is 0.414 e. The predicted molar refractivity (Wildman–Crippen MR) is 157 cm³/mol. The molecule has 2 saturated heterocycles. The van der Waals surface area contributed by atoms with Gasteiger partial charge < -0.3 is 29.9 Å². The van der Waals surface area contributed by atoms with E-state index in [1.54, 1.807) is 27.8 Å². The second kappa shape index (κ2) is 13.3. The van der Waals surface area contributed by atoms with E-state index in [1.165, 1.54) is 18.2 Å². The average molecular weight is 629 g/mol. The molecule has 5 rings (SSSR count). The van der Waals surface area contributed by atoms with Crippen molar-refractivity contribution < 1.29 is 37.4 Å². The number of carbonyl (C=O) groups is 4. The number of hydrogen-bond donors (Lipinski definition) is 2. The van der Waals surface area contributed by atoms with Crippen molar-refractivity contribution >= 4 is 41.2 Å². The van der Waals surface area contributed by atoms with Gasteiger partial charge in [-0.3, -0.25) is 18.9 Å². The number of amides is 4. The quantitative estimate of drug-likeness (QED) is 0.364. The number of rotatable bonds is 9. The van der Waals surface area contributed by atoms with Gasteiger partial charge in [0.2, 0.25) is 11.7 Å². The normalized spacial score (nSPS) is 17.4. The first kappa shape index (κ1) is 31.4. The van der Waals surface area contributed by atoms with Crippen LogP contribution in [0.5, 0.6) is 0 Å². The largest absolute Gasteiger partial charge is 0.453 e. The molecule has 1 aromatic carbocycles. The Morgan fingerprint density at radius 1 is 1.13 bits per heavy atom. The van der Waals surface area contributed by atoms with Gasteiger partial charge in [0.25, 0.3) is 5.91 Å². The monoisotopic (exact) mass is 628 g/mol. The molecule has 16 heteroatoms. The van der Waals surface area contributed by atoms with Crippen molar-refractivity contribution in [3.05, 3.63) is 54.1 Å². The van der Waals surface area contributed by atoms with Crippen LogP contribution in [0.3, 0.4) is 0 Å². The van der Waals surface area contributed by atoms with E-state index in [0.717, 1.165) is 17.0 Å². The number of nitrogens with one attached hydrogen (secondary N) is 2. The minimum absolute atomic E-state index is 0.0238. The maximum absolute atomic E-state index is 15.3. The van der Waals surface area contributed by atoms with Gasteiger partial charge in [-0.25, -0.2) is 28.3 Å². The van der Waals surface area contributed by atoms with Crippen LogP contribution in [0.4, 0.5) is 29.7 Å². The van der Waals surface area contributed by atoms with Crippen molar-refractivity contribution in [1.82, 2.24) is 29.9 Å². The van der Waals surface area contributed by atoms with Gasteiger partial charge in [0, 0.05) is 56.9 Å². The summed E-state index contributed by atoms with van der Waals surface area (Å²) in [6.45, 7) is 4.47. The number of nitrogens with zero attached hydrogens (tertiary/aromatic N) is 6. The molecule has 240 valence electrons. The molecule has 0 saturated carbocycles. The van der Waals surface area contributed by atoms with Gasteiger partial charge in [0.1, 0.15) is 23.5 Å². The van der Waals surface area contributed by atoms with Gasteiger partial charge in [-0.2, -0.15) is 0 Å². The molecule has 2 atom stereocenters. The Labute approximate surface area is 257 Å². The van der Waals surface area contributed by atoms with Gasteiger partial charge >= 0.3 is 12.2 Å². The van der Waals surface area contributed by atoms with Crippen LogP contribution in [0.1, 0.15) is 30.8 Å². The number of hydrogen-bond acceptors (Lipinski definition) is 9. The van der Waals surface area contributed by atoms with E-state index in [1.807, 2.05) is 13.8 Å². The molecule has 45 heavy (non-hydrogen) atoms. The average Bonchev–Trinajstić information content (AvgIpc) is 3.62. The van der Waals surface area contributed by atoms with Gasteiger partial charge in [-0.05, 0) is 18.4 Å². The fourth-order valence-electron chi connectivity index (χ4n) is 5.35. The van der Waals surface area contributed by atoms with E-state index in [-0.39, 0.29) is 68.2 Å². The van der Waals surface area contributed by atoms with Crippen LogP contribution in [0, 0.1) is 17.6 Å². The Kier molecular flexibility index (Phi) is 9.29. The van der Waals surface area contributed by atoms with Gasteiger partial charge in [-0.1, -0.05) is 13.8 Å². The van der Waals surface area contributed by atoms with Crippen LogP contribution in [0.2, 0.25) is 0 Å². The summed E-state index contributed by atoms with van der Waals surface area (Å²) in [7, 11) is 1.19. The summed E-state index contributed by atoms with van der Waals surface area (Å²) < 4.78 is 41.9. The summed E-state index contributed by atoms with van der Waals surface area (Å²) >= 11 is 0. The zero-order valence-corrected chi connectivity index (χ0v) is 25.0. The Hall–Kier alpha value is -5.02. The molecule has 0 aliphatic carbocycles. The van der Waals surface area contributed by atoms with E-state index in [2.05, 4.69) is 25.3 Å². The van der Waals surface area contributed by atoms with Gasteiger partial charge in [0.05, 0.1) is 25.9 Å². The highest BCUT2D eigenvalue weighted by molar-refractivity contribution is 5.96. The molecule has 2 N–H and O–H groups in total. The minimum atomic E-state index is -0.874. The molecule has 2 fully saturated rings. The highest BCUT2D eigenvalue weighted by Gasteiger charge is 2.35. The van der Waals surface area contributed by atoms with Crippen molar-refractivity contribution in [1.29, 1.82) is 0 Å². The maximum atomic E-state index is 15.3. The van der Waals surface area contributed by atoms with Crippen LogP contribution in [-0.2, 0) is 14.3 Å². The molecule has 0 bridgehead atoms. The van der Waals surface area contributed by atoms with Crippen molar-refractivity contribution in [2.45, 2.75) is 32.4 Å². The number of cyclic esters (lactones) is 1. The number of methoxy groups -OCH3 is 1. The molecule has 0 spiro atoms. The molecule has 2 aromatic heterocycles. The Bertz CT molecular complexity index is 1540. The SMILES string of the molecule is COC(=O)NC[C@H]1CN(c2cc(F)c(N3CCN(C(=O)[C@H](CC(C)C)NC(=O)c4cn5cccnc5n4)CC3)c(F)c2)C(=O)O1.